The number of alkyl halides is 7. The van der Waals surface area contributed by atoms with Crippen LogP contribution in [0, 0.1) is 0 Å². The van der Waals surface area contributed by atoms with Gasteiger partial charge in [-0.25, -0.2) is 4.39 Å². The van der Waals surface area contributed by atoms with E-state index in [2.05, 4.69) is 0 Å². The van der Waals surface area contributed by atoms with Gasteiger partial charge in [0.1, 0.15) is 6.17 Å². The smallest absolute Gasteiger partial charge is 0.349 e. The zero-order valence-corrected chi connectivity index (χ0v) is 13.0. The third kappa shape index (κ3) is 4.53. The molecule has 2 rings (SSSR count). The summed E-state index contributed by atoms with van der Waals surface area (Å²) in [4.78, 5) is 11.9. The fraction of sp³-hybridized carbons (Fsp3) is 0.235. The number of rotatable bonds is 4. The maximum atomic E-state index is 14.2. The van der Waals surface area contributed by atoms with E-state index >= 15 is 0 Å². The van der Waals surface area contributed by atoms with E-state index in [0.29, 0.717) is 12.1 Å². The van der Waals surface area contributed by atoms with Gasteiger partial charge in [0.15, 0.2) is 0 Å². The van der Waals surface area contributed by atoms with Gasteiger partial charge < -0.3 is 5.32 Å². The predicted octanol–water partition coefficient (Wildman–Crippen LogP) is 5.16. The molecular weight excluding hydrogens is 367 g/mol. The SMILES string of the molecule is O=C(NC[C@@H](F)c1ccccc1C(F)(F)F)c1ccccc1C(F)(F)F. The molecule has 2 nitrogen and oxygen atoms in total. The van der Waals surface area contributed by atoms with Gasteiger partial charge in [-0.1, -0.05) is 30.3 Å². The molecule has 0 aliphatic heterocycles. The van der Waals surface area contributed by atoms with Gasteiger partial charge in [0.05, 0.1) is 23.2 Å². The van der Waals surface area contributed by atoms with E-state index in [1.165, 1.54) is 12.1 Å². The summed E-state index contributed by atoms with van der Waals surface area (Å²) >= 11 is 0. The highest BCUT2D eigenvalue weighted by molar-refractivity contribution is 5.95. The number of amides is 1. The van der Waals surface area contributed by atoms with E-state index in [1.54, 1.807) is 0 Å². The average Bonchev–Trinajstić information content (AvgIpc) is 2.58. The number of benzene rings is 2. The summed E-state index contributed by atoms with van der Waals surface area (Å²) in [7, 11) is 0. The zero-order valence-electron chi connectivity index (χ0n) is 13.0. The van der Waals surface area contributed by atoms with Crippen molar-refractivity contribution >= 4 is 5.91 Å². The molecule has 1 amide bonds. The Morgan fingerprint density at radius 1 is 0.846 bits per heavy atom. The molecule has 9 heteroatoms. The number of carbonyl (C=O) groups is 1. The summed E-state index contributed by atoms with van der Waals surface area (Å²) in [6.07, 6.45) is -11.8. The Kier molecular flexibility index (Phi) is 5.58. The molecule has 0 saturated heterocycles. The molecule has 0 spiro atoms. The lowest BCUT2D eigenvalue weighted by molar-refractivity contribution is -0.139. The van der Waals surface area contributed by atoms with Crippen LogP contribution in [0.1, 0.15) is 33.2 Å². The van der Waals surface area contributed by atoms with E-state index in [4.69, 9.17) is 0 Å². The van der Waals surface area contributed by atoms with Crippen molar-refractivity contribution in [2.45, 2.75) is 18.5 Å². The third-order valence-electron chi connectivity index (χ3n) is 3.52. The fourth-order valence-electron chi connectivity index (χ4n) is 2.34. The summed E-state index contributed by atoms with van der Waals surface area (Å²) in [6.45, 7) is -0.905. The summed E-state index contributed by atoms with van der Waals surface area (Å²) in [6, 6.07) is 7.71. The molecule has 0 aliphatic carbocycles. The first kappa shape index (κ1) is 19.7. The largest absolute Gasteiger partial charge is 0.417 e. The number of halogens is 7. The molecular formula is C17H12F7NO. The topological polar surface area (TPSA) is 29.1 Å². The first-order valence-corrected chi connectivity index (χ1v) is 7.26. The second-order valence-corrected chi connectivity index (χ2v) is 5.31. The van der Waals surface area contributed by atoms with Crippen LogP contribution >= 0.6 is 0 Å². The van der Waals surface area contributed by atoms with E-state index in [1.807, 2.05) is 5.32 Å². The molecule has 1 atom stereocenters. The number of nitrogens with one attached hydrogen (secondary N) is 1. The Labute approximate surface area is 143 Å². The summed E-state index contributed by atoms with van der Waals surface area (Å²) in [5.41, 5.74) is -3.87. The van der Waals surface area contributed by atoms with Gasteiger partial charge in [-0.3, -0.25) is 4.79 Å². The van der Waals surface area contributed by atoms with Gasteiger partial charge in [0.25, 0.3) is 5.91 Å². The molecule has 0 unspecified atom stereocenters. The maximum absolute atomic E-state index is 14.2. The van der Waals surface area contributed by atoms with Gasteiger partial charge in [-0.15, -0.1) is 0 Å². The standard InChI is InChI=1S/C17H12F7NO/c18-14(10-5-1-3-7-12(10)16(19,20)21)9-25-15(26)11-6-2-4-8-13(11)17(22,23)24/h1-8,14H,9H2,(H,25,26)/t14-/m1/s1. The van der Waals surface area contributed by atoms with Crippen LogP contribution in [-0.4, -0.2) is 12.5 Å². The fourth-order valence-corrected chi connectivity index (χ4v) is 2.34. The Bertz CT molecular complexity index is 783. The van der Waals surface area contributed by atoms with Gasteiger partial charge in [0, 0.05) is 0 Å². The number of carbonyl (C=O) groups excluding carboxylic acids is 1. The van der Waals surface area contributed by atoms with E-state index in [9.17, 15) is 35.5 Å². The zero-order chi connectivity index (χ0) is 19.5. The molecule has 2 aromatic carbocycles. The van der Waals surface area contributed by atoms with E-state index < -0.39 is 53.2 Å². The summed E-state index contributed by atoms with van der Waals surface area (Å²) in [5.74, 6) is -1.23. The lowest BCUT2D eigenvalue weighted by Crippen LogP contribution is -2.29. The van der Waals surface area contributed by atoms with Gasteiger partial charge in [-0.05, 0) is 23.8 Å². The van der Waals surface area contributed by atoms with Gasteiger partial charge in [0.2, 0.25) is 0 Å². The van der Waals surface area contributed by atoms with Crippen molar-refractivity contribution in [3.63, 3.8) is 0 Å². The molecule has 2 aromatic rings. The summed E-state index contributed by atoms with van der Waals surface area (Å²) < 4.78 is 91.5. The van der Waals surface area contributed by atoms with Crippen molar-refractivity contribution in [2.75, 3.05) is 6.54 Å². The summed E-state index contributed by atoms with van der Waals surface area (Å²) in [5, 5.41) is 1.91. The van der Waals surface area contributed by atoms with Crippen molar-refractivity contribution in [3.05, 3.63) is 70.8 Å². The molecule has 140 valence electrons. The highest BCUT2D eigenvalue weighted by atomic mass is 19.4. The van der Waals surface area contributed by atoms with Crippen LogP contribution < -0.4 is 5.32 Å². The first-order valence-electron chi connectivity index (χ1n) is 7.26. The quantitative estimate of drug-likeness (QED) is 0.730. The number of hydrogen-bond acceptors (Lipinski definition) is 1. The van der Waals surface area contributed by atoms with Crippen LogP contribution in [-0.2, 0) is 12.4 Å². The number of hydrogen-bond donors (Lipinski definition) is 1. The molecule has 26 heavy (non-hydrogen) atoms. The average molecular weight is 379 g/mol. The molecule has 0 radical (unpaired) electrons. The van der Waals surface area contributed by atoms with Crippen LogP contribution in [0.4, 0.5) is 30.7 Å². The molecule has 0 aliphatic rings. The van der Waals surface area contributed by atoms with Crippen molar-refractivity contribution in [2.24, 2.45) is 0 Å². The normalized spacial score (nSPS) is 13.3. The highest BCUT2D eigenvalue weighted by Gasteiger charge is 2.36. The van der Waals surface area contributed by atoms with Crippen LogP contribution in [0.25, 0.3) is 0 Å². The van der Waals surface area contributed by atoms with Crippen LogP contribution in [0.2, 0.25) is 0 Å². The maximum Gasteiger partial charge on any atom is 0.417 e. The van der Waals surface area contributed by atoms with Crippen molar-refractivity contribution in [1.82, 2.24) is 5.32 Å². The first-order chi connectivity index (χ1) is 12.0. The minimum atomic E-state index is -4.80. The Morgan fingerprint density at radius 3 is 1.92 bits per heavy atom. The van der Waals surface area contributed by atoms with E-state index in [-0.39, 0.29) is 0 Å². The van der Waals surface area contributed by atoms with Crippen molar-refractivity contribution < 1.29 is 35.5 Å². The minimum absolute atomic E-state index is 0.681. The molecule has 0 bridgehead atoms. The lowest BCUT2D eigenvalue weighted by atomic mass is 10.0. The Hall–Kier alpha value is -2.58. The third-order valence-corrected chi connectivity index (χ3v) is 3.52. The van der Waals surface area contributed by atoms with Gasteiger partial charge >= 0.3 is 12.4 Å². The Balaban J connectivity index is 2.17. The van der Waals surface area contributed by atoms with Gasteiger partial charge in [-0.2, -0.15) is 26.3 Å². The lowest BCUT2D eigenvalue weighted by Gasteiger charge is -2.17. The molecule has 0 saturated carbocycles. The second kappa shape index (κ2) is 7.35. The van der Waals surface area contributed by atoms with Crippen LogP contribution in [0.3, 0.4) is 0 Å². The van der Waals surface area contributed by atoms with E-state index in [0.717, 1.165) is 24.3 Å². The Morgan fingerprint density at radius 2 is 1.35 bits per heavy atom. The monoisotopic (exact) mass is 379 g/mol. The predicted molar refractivity (Wildman–Crippen MR) is 79.1 cm³/mol. The van der Waals surface area contributed by atoms with Crippen LogP contribution in [0.5, 0.6) is 0 Å². The van der Waals surface area contributed by atoms with Crippen LogP contribution in [0.15, 0.2) is 48.5 Å². The minimum Gasteiger partial charge on any atom is -0.349 e. The van der Waals surface area contributed by atoms with Crippen molar-refractivity contribution in [3.8, 4) is 0 Å². The van der Waals surface area contributed by atoms with Crippen molar-refractivity contribution in [1.29, 1.82) is 0 Å². The second-order valence-electron chi connectivity index (χ2n) is 5.31. The molecule has 0 fully saturated rings. The highest BCUT2D eigenvalue weighted by Crippen LogP contribution is 2.35. The molecule has 0 heterocycles. The molecule has 1 N–H and O–H groups in total. The molecule has 0 aromatic heterocycles.